The smallest absolute Gasteiger partial charge is 0.293 e. The molecule has 1 aromatic carbocycles. The number of nitro benzene ring substituents is 1. The standard InChI is InChI=1S/C16H23N3O4S/c1-12(20)13-4-5-14(15(10-13)19(21)22)17-11-16(2,3)18-6-8-24(23)9-7-18/h4-5,10,17H,6-9,11H2,1-3H3. The molecule has 0 bridgehead atoms. The fourth-order valence-corrected chi connectivity index (χ4v) is 3.77. The highest BCUT2D eigenvalue weighted by atomic mass is 32.2. The molecule has 1 N–H and O–H groups in total. The number of rotatable bonds is 6. The fraction of sp³-hybridized carbons (Fsp3) is 0.562. The maximum absolute atomic E-state index is 11.5. The van der Waals surface area contributed by atoms with Gasteiger partial charge in [0.15, 0.2) is 5.78 Å². The van der Waals surface area contributed by atoms with Gasteiger partial charge in [-0.05, 0) is 32.9 Å². The van der Waals surface area contributed by atoms with E-state index in [1.165, 1.54) is 13.0 Å². The number of carbonyl (C=O) groups excluding carboxylic acids is 1. The number of anilines is 1. The average Bonchev–Trinajstić information content (AvgIpc) is 2.53. The lowest BCUT2D eigenvalue weighted by Gasteiger charge is -2.40. The fourth-order valence-electron chi connectivity index (χ4n) is 2.72. The summed E-state index contributed by atoms with van der Waals surface area (Å²) in [4.78, 5) is 24.4. The molecule has 2 rings (SSSR count). The van der Waals surface area contributed by atoms with Gasteiger partial charge in [0.2, 0.25) is 0 Å². The largest absolute Gasteiger partial charge is 0.378 e. The minimum Gasteiger partial charge on any atom is -0.378 e. The van der Waals surface area contributed by atoms with E-state index in [0.29, 0.717) is 29.3 Å². The maximum atomic E-state index is 11.5. The summed E-state index contributed by atoms with van der Waals surface area (Å²) in [6.07, 6.45) is 0. The van der Waals surface area contributed by atoms with Crippen LogP contribution in [0.3, 0.4) is 0 Å². The molecule has 0 radical (unpaired) electrons. The lowest BCUT2D eigenvalue weighted by Crippen LogP contribution is -2.53. The first-order chi connectivity index (χ1) is 11.2. The van der Waals surface area contributed by atoms with Gasteiger partial charge in [-0.15, -0.1) is 0 Å². The van der Waals surface area contributed by atoms with Crippen molar-refractivity contribution in [1.29, 1.82) is 0 Å². The van der Waals surface area contributed by atoms with Gasteiger partial charge in [-0.1, -0.05) is 0 Å². The first-order valence-corrected chi connectivity index (χ1v) is 9.33. The third kappa shape index (κ3) is 4.39. The Morgan fingerprint density at radius 2 is 2.00 bits per heavy atom. The summed E-state index contributed by atoms with van der Waals surface area (Å²) in [5.41, 5.74) is 0.402. The molecule has 1 aliphatic rings. The molecule has 0 spiro atoms. The highest BCUT2D eigenvalue weighted by Gasteiger charge is 2.30. The molecule has 0 saturated carbocycles. The molecule has 0 atom stereocenters. The van der Waals surface area contributed by atoms with Crippen LogP contribution in [0.1, 0.15) is 31.1 Å². The van der Waals surface area contributed by atoms with Crippen molar-refractivity contribution in [3.63, 3.8) is 0 Å². The van der Waals surface area contributed by atoms with E-state index in [9.17, 15) is 19.1 Å². The molecule has 8 heteroatoms. The molecule has 1 saturated heterocycles. The van der Waals surface area contributed by atoms with E-state index in [1.54, 1.807) is 12.1 Å². The first-order valence-electron chi connectivity index (χ1n) is 7.84. The van der Waals surface area contributed by atoms with Crippen molar-refractivity contribution in [2.24, 2.45) is 0 Å². The summed E-state index contributed by atoms with van der Waals surface area (Å²) in [6, 6.07) is 4.48. The van der Waals surface area contributed by atoms with Crippen LogP contribution in [-0.2, 0) is 10.8 Å². The molecule has 0 aliphatic carbocycles. The van der Waals surface area contributed by atoms with E-state index in [-0.39, 0.29) is 17.0 Å². The number of Topliss-reactive ketones (excluding diaryl/α,β-unsaturated/α-hetero) is 1. The van der Waals surface area contributed by atoms with Crippen LogP contribution in [0.4, 0.5) is 11.4 Å². The monoisotopic (exact) mass is 353 g/mol. The average molecular weight is 353 g/mol. The minimum absolute atomic E-state index is 0.0988. The van der Waals surface area contributed by atoms with Crippen LogP contribution in [0.5, 0.6) is 0 Å². The molecule has 24 heavy (non-hydrogen) atoms. The summed E-state index contributed by atoms with van der Waals surface area (Å²) in [7, 11) is -0.736. The Kier molecular flexibility index (Phi) is 5.71. The lowest BCUT2D eigenvalue weighted by atomic mass is 10.0. The zero-order chi connectivity index (χ0) is 17.9. The van der Waals surface area contributed by atoms with E-state index in [2.05, 4.69) is 24.1 Å². The Hall–Kier alpha value is -1.80. The van der Waals surface area contributed by atoms with Crippen LogP contribution in [0, 0.1) is 10.1 Å². The van der Waals surface area contributed by atoms with Crippen LogP contribution in [0.15, 0.2) is 18.2 Å². The number of benzene rings is 1. The third-order valence-electron chi connectivity index (χ3n) is 4.35. The van der Waals surface area contributed by atoms with Gasteiger partial charge in [-0.2, -0.15) is 0 Å². The zero-order valence-corrected chi connectivity index (χ0v) is 15.0. The minimum atomic E-state index is -0.736. The summed E-state index contributed by atoms with van der Waals surface area (Å²) in [6.45, 7) is 7.53. The second kappa shape index (κ2) is 7.40. The topological polar surface area (TPSA) is 92.6 Å². The number of nitrogens with one attached hydrogen (secondary N) is 1. The molecular formula is C16H23N3O4S. The van der Waals surface area contributed by atoms with Crippen molar-refractivity contribution in [2.75, 3.05) is 36.5 Å². The Morgan fingerprint density at radius 3 is 2.54 bits per heavy atom. The van der Waals surface area contributed by atoms with Crippen molar-refractivity contribution < 1.29 is 13.9 Å². The molecule has 1 heterocycles. The van der Waals surface area contributed by atoms with E-state index in [0.717, 1.165) is 13.1 Å². The summed E-state index contributed by atoms with van der Waals surface area (Å²) in [5.74, 6) is 1.12. The molecule has 0 unspecified atom stereocenters. The van der Waals surface area contributed by atoms with Gasteiger partial charge in [-0.3, -0.25) is 24.0 Å². The van der Waals surface area contributed by atoms with Crippen molar-refractivity contribution >= 4 is 28.0 Å². The van der Waals surface area contributed by atoms with Gasteiger partial charge in [0.1, 0.15) is 5.69 Å². The number of hydrogen-bond acceptors (Lipinski definition) is 6. The van der Waals surface area contributed by atoms with Gasteiger partial charge >= 0.3 is 0 Å². The van der Waals surface area contributed by atoms with Gasteiger partial charge in [-0.25, -0.2) is 0 Å². The lowest BCUT2D eigenvalue weighted by molar-refractivity contribution is -0.384. The van der Waals surface area contributed by atoms with E-state index in [1.807, 2.05) is 0 Å². The van der Waals surface area contributed by atoms with E-state index < -0.39 is 15.7 Å². The zero-order valence-electron chi connectivity index (χ0n) is 14.2. The highest BCUT2D eigenvalue weighted by molar-refractivity contribution is 7.85. The Bertz CT molecular complexity index is 665. The quantitative estimate of drug-likeness (QED) is 0.478. The Morgan fingerprint density at radius 1 is 1.38 bits per heavy atom. The number of ketones is 1. The van der Waals surface area contributed by atoms with Gasteiger partial charge in [0.25, 0.3) is 5.69 Å². The summed E-state index contributed by atoms with van der Waals surface area (Å²) >= 11 is 0. The summed E-state index contributed by atoms with van der Waals surface area (Å²) in [5, 5.41) is 14.4. The second-order valence-electron chi connectivity index (χ2n) is 6.55. The molecule has 0 aromatic heterocycles. The molecule has 132 valence electrons. The van der Waals surface area contributed by atoms with Crippen LogP contribution >= 0.6 is 0 Å². The van der Waals surface area contributed by atoms with E-state index >= 15 is 0 Å². The van der Waals surface area contributed by atoms with Gasteiger partial charge in [0.05, 0.1) is 4.92 Å². The van der Waals surface area contributed by atoms with Crippen molar-refractivity contribution in [3.8, 4) is 0 Å². The third-order valence-corrected chi connectivity index (χ3v) is 5.62. The Labute approximate surface area is 144 Å². The number of nitrogens with zero attached hydrogens (tertiary/aromatic N) is 2. The van der Waals surface area contributed by atoms with Gasteiger partial charge < -0.3 is 5.32 Å². The molecule has 1 aromatic rings. The van der Waals surface area contributed by atoms with Crippen LogP contribution < -0.4 is 5.32 Å². The molecular weight excluding hydrogens is 330 g/mol. The first kappa shape index (κ1) is 18.5. The van der Waals surface area contributed by atoms with Crippen LogP contribution in [0.2, 0.25) is 0 Å². The highest BCUT2D eigenvalue weighted by Crippen LogP contribution is 2.27. The number of carbonyl (C=O) groups is 1. The van der Waals surface area contributed by atoms with Crippen LogP contribution in [0.25, 0.3) is 0 Å². The molecule has 0 amide bonds. The normalized spacial score (nSPS) is 16.8. The van der Waals surface area contributed by atoms with Crippen molar-refractivity contribution in [2.45, 2.75) is 26.3 Å². The Balaban J connectivity index is 2.11. The second-order valence-corrected chi connectivity index (χ2v) is 8.24. The number of nitro groups is 1. The predicted molar refractivity (Wildman–Crippen MR) is 95.1 cm³/mol. The predicted octanol–water partition coefficient (Wildman–Crippen LogP) is 2.05. The van der Waals surface area contributed by atoms with E-state index in [4.69, 9.17) is 0 Å². The molecule has 1 aliphatic heterocycles. The number of hydrogen-bond donors (Lipinski definition) is 1. The van der Waals surface area contributed by atoms with Gasteiger partial charge in [0, 0.05) is 59.1 Å². The SMILES string of the molecule is CC(=O)c1ccc(NCC(C)(C)N2CCS(=O)CC2)c([N+](=O)[O-])c1. The van der Waals surface area contributed by atoms with Crippen LogP contribution in [-0.4, -0.2) is 56.5 Å². The summed E-state index contributed by atoms with van der Waals surface area (Å²) < 4.78 is 11.5. The molecule has 7 nitrogen and oxygen atoms in total. The van der Waals surface area contributed by atoms with Crippen molar-refractivity contribution in [3.05, 3.63) is 33.9 Å². The maximum Gasteiger partial charge on any atom is 0.293 e. The van der Waals surface area contributed by atoms with Crippen molar-refractivity contribution in [1.82, 2.24) is 4.90 Å². The molecule has 1 fully saturated rings.